The topological polar surface area (TPSA) is 26.0 Å². The maximum absolute atomic E-state index is 6.62. The van der Waals surface area contributed by atoms with E-state index >= 15 is 0 Å². The molecular weight excluding hydrogens is 182 g/mol. The van der Waals surface area contributed by atoms with Crippen molar-refractivity contribution >= 4 is 0 Å². The van der Waals surface area contributed by atoms with Gasteiger partial charge in [-0.1, -0.05) is 20.3 Å². The van der Waals surface area contributed by atoms with E-state index in [4.69, 9.17) is 5.73 Å². The molecule has 2 N–H and O–H groups in total. The second-order valence-corrected chi connectivity index (χ2v) is 7.43. The van der Waals surface area contributed by atoms with E-state index in [1.165, 1.54) is 51.4 Å². The monoisotopic (exact) mass is 207 g/mol. The Morgan fingerprint density at radius 3 is 2.53 bits per heavy atom. The van der Waals surface area contributed by atoms with E-state index in [2.05, 4.69) is 13.8 Å². The van der Waals surface area contributed by atoms with Crippen molar-refractivity contribution in [2.45, 2.75) is 70.8 Å². The van der Waals surface area contributed by atoms with Crippen LogP contribution in [0, 0.1) is 16.7 Å². The quantitative estimate of drug-likeness (QED) is 0.737. The zero-order chi connectivity index (χ0) is 10.7. The maximum Gasteiger partial charge on any atom is 0.0167 e. The van der Waals surface area contributed by atoms with Crippen molar-refractivity contribution in [2.24, 2.45) is 22.5 Å². The second kappa shape index (κ2) is 2.80. The molecule has 4 unspecified atom stereocenters. The summed E-state index contributed by atoms with van der Waals surface area (Å²) in [6.07, 6.45) is 11.2. The van der Waals surface area contributed by atoms with Crippen LogP contribution in [0.3, 0.4) is 0 Å². The minimum Gasteiger partial charge on any atom is -0.325 e. The second-order valence-electron chi connectivity index (χ2n) is 7.43. The Kier molecular flexibility index (Phi) is 1.89. The van der Waals surface area contributed by atoms with Crippen LogP contribution in [-0.4, -0.2) is 5.54 Å². The molecule has 1 heteroatoms. The smallest absolute Gasteiger partial charge is 0.0167 e. The van der Waals surface area contributed by atoms with E-state index in [0.29, 0.717) is 10.8 Å². The Bertz CT molecular complexity index is 265. The number of nitrogens with two attached hydrogens (primary N) is 1. The van der Waals surface area contributed by atoms with E-state index in [1.54, 1.807) is 0 Å². The Balaban J connectivity index is 1.94. The molecule has 4 saturated carbocycles. The van der Waals surface area contributed by atoms with Crippen LogP contribution in [-0.2, 0) is 0 Å². The highest BCUT2D eigenvalue weighted by molar-refractivity contribution is 5.13. The largest absolute Gasteiger partial charge is 0.325 e. The molecule has 4 fully saturated rings. The van der Waals surface area contributed by atoms with E-state index in [0.717, 1.165) is 5.92 Å². The number of hydrogen-bond acceptors (Lipinski definition) is 1. The summed E-state index contributed by atoms with van der Waals surface area (Å²) < 4.78 is 0. The van der Waals surface area contributed by atoms with Crippen molar-refractivity contribution in [1.82, 2.24) is 0 Å². The zero-order valence-electron chi connectivity index (χ0n) is 10.3. The minimum atomic E-state index is 0.226. The highest BCUT2D eigenvalue weighted by Gasteiger charge is 2.59. The third-order valence-corrected chi connectivity index (χ3v) is 5.29. The van der Waals surface area contributed by atoms with Crippen LogP contribution in [0.2, 0.25) is 0 Å². The zero-order valence-corrected chi connectivity index (χ0v) is 10.3. The molecule has 4 aliphatic rings. The van der Waals surface area contributed by atoms with Crippen molar-refractivity contribution in [3.63, 3.8) is 0 Å². The van der Waals surface area contributed by atoms with Gasteiger partial charge in [0.2, 0.25) is 0 Å². The van der Waals surface area contributed by atoms with Crippen molar-refractivity contribution in [2.75, 3.05) is 0 Å². The number of rotatable bonds is 2. The number of hydrogen-bond donors (Lipinski definition) is 1. The standard InChI is InChI=1S/C14H25N/c1-3-4-13-6-11-5-12(2,8-13)9-14(15,7-11)10-13/h11H,3-10,15H2,1-2H3. The van der Waals surface area contributed by atoms with Crippen LogP contribution in [0.5, 0.6) is 0 Å². The summed E-state index contributed by atoms with van der Waals surface area (Å²) in [5.74, 6) is 0.961. The lowest BCUT2D eigenvalue weighted by molar-refractivity contribution is -0.117. The van der Waals surface area contributed by atoms with Gasteiger partial charge in [-0.2, -0.15) is 0 Å². The molecule has 86 valence electrons. The fourth-order valence-electron chi connectivity index (χ4n) is 6.03. The molecular formula is C14H25N. The van der Waals surface area contributed by atoms with Crippen molar-refractivity contribution in [3.8, 4) is 0 Å². The lowest BCUT2D eigenvalue weighted by Crippen LogP contribution is -2.63. The van der Waals surface area contributed by atoms with Gasteiger partial charge in [-0.25, -0.2) is 0 Å². The van der Waals surface area contributed by atoms with Crippen LogP contribution < -0.4 is 5.73 Å². The maximum atomic E-state index is 6.62. The predicted molar refractivity (Wildman–Crippen MR) is 63.6 cm³/mol. The summed E-state index contributed by atoms with van der Waals surface area (Å²) >= 11 is 0. The summed E-state index contributed by atoms with van der Waals surface area (Å²) in [4.78, 5) is 0. The van der Waals surface area contributed by atoms with Crippen LogP contribution in [0.15, 0.2) is 0 Å². The molecule has 1 nitrogen and oxygen atoms in total. The first-order chi connectivity index (χ1) is 6.97. The Hall–Kier alpha value is -0.0400. The molecule has 4 aliphatic carbocycles. The van der Waals surface area contributed by atoms with Crippen LogP contribution in [0.1, 0.15) is 65.2 Å². The third kappa shape index (κ3) is 1.46. The first kappa shape index (κ1) is 10.1. The van der Waals surface area contributed by atoms with Crippen molar-refractivity contribution in [1.29, 1.82) is 0 Å². The molecule has 0 amide bonds. The lowest BCUT2D eigenvalue weighted by Gasteiger charge is -2.65. The fraction of sp³-hybridized carbons (Fsp3) is 1.00. The molecule has 4 bridgehead atoms. The Morgan fingerprint density at radius 1 is 1.13 bits per heavy atom. The third-order valence-electron chi connectivity index (χ3n) is 5.29. The normalized spacial score (nSPS) is 57.4. The summed E-state index contributed by atoms with van der Waals surface area (Å²) in [7, 11) is 0. The average Bonchev–Trinajstić information content (AvgIpc) is 1.94. The van der Waals surface area contributed by atoms with Gasteiger partial charge in [0.25, 0.3) is 0 Å². The average molecular weight is 207 g/mol. The molecule has 0 aromatic rings. The van der Waals surface area contributed by atoms with E-state index < -0.39 is 0 Å². The van der Waals surface area contributed by atoms with Crippen LogP contribution in [0.4, 0.5) is 0 Å². The van der Waals surface area contributed by atoms with Gasteiger partial charge in [-0.3, -0.25) is 0 Å². The van der Waals surface area contributed by atoms with Gasteiger partial charge < -0.3 is 5.73 Å². The van der Waals surface area contributed by atoms with Gasteiger partial charge in [0.1, 0.15) is 0 Å². The van der Waals surface area contributed by atoms with Gasteiger partial charge in [0.15, 0.2) is 0 Å². The lowest BCUT2D eigenvalue weighted by atomic mass is 9.42. The van der Waals surface area contributed by atoms with Crippen LogP contribution in [0.25, 0.3) is 0 Å². The Labute approximate surface area is 93.8 Å². The van der Waals surface area contributed by atoms with Gasteiger partial charge in [-0.05, 0) is 61.7 Å². The predicted octanol–water partition coefficient (Wildman–Crippen LogP) is 3.47. The molecule has 0 spiro atoms. The van der Waals surface area contributed by atoms with E-state index in [9.17, 15) is 0 Å². The molecule has 4 rings (SSSR count). The minimum absolute atomic E-state index is 0.226. The van der Waals surface area contributed by atoms with Crippen molar-refractivity contribution in [3.05, 3.63) is 0 Å². The molecule has 0 saturated heterocycles. The summed E-state index contributed by atoms with van der Waals surface area (Å²) in [6.45, 7) is 4.84. The summed E-state index contributed by atoms with van der Waals surface area (Å²) in [6, 6.07) is 0. The highest BCUT2D eigenvalue weighted by Crippen LogP contribution is 2.66. The van der Waals surface area contributed by atoms with Crippen molar-refractivity contribution < 1.29 is 0 Å². The molecule has 0 aromatic heterocycles. The summed E-state index contributed by atoms with van der Waals surface area (Å²) in [5.41, 5.74) is 8.10. The fourth-order valence-corrected chi connectivity index (χ4v) is 6.03. The van der Waals surface area contributed by atoms with Gasteiger partial charge in [0.05, 0.1) is 0 Å². The van der Waals surface area contributed by atoms with E-state index in [-0.39, 0.29) is 5.54 Å². The highest BCUT2D eigenvalue weighted by atomic mass is 14.8. The van der Waals surface area contributed by atoms with E-state index in [1.807, 2.05) is 0 Å². The molecule has 0 aromatic carbocycles. The van der Waals surface area contributed by atoms with Gasteiger partial charge in [-0.15, -0.1) is 0 Å². The van der Waals surface area contributed by atoms with Gasteiger partial charge >= 0.3 is 0 Å². The van der Waals surface area contributed by atoms with Crippen LogP contribution >= 0.6 is 0 Å². The molecule has 4 atom stereocenters. The molecule has 0 radical (unpaired) electrons. The first-order valence-electron chi connectivity index (χ1n) is 6.76. The molecule has 0 aliphatic heterocycles. The Morgan fingerprint density at radius 2 is 1.93 bits per heavy atom. The summed E-state index contributed by atoms with van der Waals surface area (Å²) in [5, 5.41) is 0. The first-order valence-corrected chi connectivity index (χ1v) is 6.76. The molecule has 0 heterocycles. The van der Waals surface area contributed by atoms with Gasteiger partial charge in [0, 0.05) is 5.54 Å². The SMILES string of the molecule is CCCC12CC3CC(C)(CC(N)(C3)C1)C2. The molecule has 15 heavy (non-hydrogen) atoms.